The van der Waals surface area contributed by atoms with Gasteiger partial charge in [0.15, 0.2) is 0 Å². The fourth-order valence-corrected chi connectivity index (χ4v) is 3.32. The van der Waals surface area contributed by atoms with Gasteiger partial charge >= 0.3 is 0 Å². The molecular weight excluding hydrogens is 158 g/mol. The van der Waals surface area contributed by atoms with Gasteiger partial charge in [0, 0.05) is 0 Å². The van der Waals surface area contributed by atoms with Crippen LogP contribution in [0.25, 0.3) is 0 Å². The van der Waals surface area contributed by atoms with Gasteiger partial charge in [0.2, 0.25) is 0 Å². The molecule has 0 heterocycles. The minimum atomic E-state index is 1.09. The van der Waals surface area contributed by atoms with Crippen molar-refractivity contribution in [1.82, 2.24) is 5.32 Å². The van der Waals surface area contributed by atoms with Crippen molar-refractivity contribution in [2.75, 3.05) is 13.1 Å². The predicted octanol–water partition coefficient (Wildman–Crippen LogP) is 2.81. The van der Waals surface area contributed by atoms with E-state index in [-0.39, 0.29) is 0 Å². The molecule has 0 aromatic rings. The lowest BCUT2D eigenvalue weighted by molar-refractivity contribution is 0.310. The van der Waals surface area contributed by atoms with E-state index in [0.29, 0.717) is 0 Å². The second-order valence-corrected chi connectivity index (χ2v) is 4.97. The van der Waals surface area contributed by atoms with Crippen LogP contribution in [0.5, 0.6) is 0 Å². The maximum Gasteiger partial charge on any atom is -0.00462 e. The Hall–Kier alpha value is -0.0400. The van der Waals surface area contributed by atoms with E-state index in [1.165, 1.54) is 25.9 Å². The molecule has 3 unspecified atom stereocenters. The van der Waals surface area contributed by atoms with E-state index in [9.17, 15) is 0 Å². The Bertz CT molecular complexity index is 155. The molecule has 0 aliphatic heterocycles. The molecule has 2 fully saturated rings. The van der Waals surface area contributed by atoms with Crippen LogP contribution in [0.1, 0.15) is 45.4 Å². The van der Waals surface area contributed by atoms with Crippen molar-refractivity contribution in [2.45, 2.75) is 45.4 Å². The average Bonchev–Trinajstić information content (AvgIpc) is 2.73. The molecule has 2 aliphatic carbocycles. The van der Waals surface area contributed by atoms with E-state index < -0.39 is 0 Å². The molecule has 0 spiro atoms. The summed E-state index contributed by atoms with van der Waals surface area (Å²) >= 11 is 0. The first-order chi connectivity index (χ1) is 6.40. The Morgan fingerprint density at radius 3 is 2.69 bits per heavy atom. The van der Waals surface area contributed by atoms with Gasteiger partial charge in [-0.15, -0.1) is 0 Å². The zero-order valence-corrected chi connectivity index (χ0v) is 8.89. The first-order valence-electron chi connectivity index (χ1n) is 6.11. The van der Waals surface area contributed by atoms with E-state index in [1.54, 1.807) is 25.7 Å². The van der Waals surface area contributed by atoms with Crippen LogP contribution >= 0.6 is 0 Å². The lowest BCUT2D eigenvalue weighted by Crippen LogP contribution is -2.21. The van der Waals surface area contributed by atoms with Crippen LogP contribution in [-0.2, 0) is 0 Å². The fourth-order valence-electron chi connectivity index (χ4n) is 3.32. The monoisotopic (exact) mass is 181 g/mol. The molecular formula is C12H23N. The van der Waals surface area contributed by atoms with Crippen LogP contribution in [-0.4, -0.2) is 13.1 Å². The highest BCUT2D eigenvalue weighted by molar-refractivity contribution is 4.89. The molecule has 13 heavy (non-hydrogen) atoms. The molecule has 0 saturated heterocycles. The minimum Gasteiger partial charge on any atom is -0.317 e. The van der Waals surface area contributed by atoms with E-state index in [4.69, 9.17) is 0 Å². The molecule has 1 N–H and O–H groups in total. The maximum absolute atomic E-state index is 3.52. The van der Waals surface area contributed by atoms with Gasteiger partial charge in [0.05, 0.1) is 0 Å². The van der Waals surface area contributed by atoms with Crippen molar-refractivity contribution in [3.63, 3.8) is 0 Å². The average molecular weight is 181 g/mol. The van der Waals surface area contributed by atoms with E-state index in [2.05, 4.69) is 12.2 Å². The maximum atomic E-state index is 3.52. The van der Waals surface area contributed by atoms with Crippen LogP contribution in [0.2, 0.25) is 0 Å². The van der Waals surface area contributed by atoms with E-state index in [0.717, 1.165) is 17.8 Å². The molecule has 1 heteroatoms. The first kappa shape index (κ1) is 9.51. The molecule has 76 valence electrons. The normalized spacial score (nSPS) is 37.2. The largest absolute Gasteiger partial charge is 0.317 e. The molecule has 2 saturated carbocycles. The number of nitrogens with one attached hydrogen (secondary N) is 1. The van der Waals surface area contributed by atoms with Gasteiger partial charge in [-0.1, -0.05) is 13.3 Å². The van der Waals surface area contributed by atoms with E-state index in [1.807, 2.05) is 0 Å². The summed E-state index contributed by atoms with van der Waals surface area (Å²) in [7, 11) is 0. The summed E-state index contributed by atoms with van der Waals surface area (Å²) in [5.74, 6) is 3.33. The van der Waals surface area contributed by atoms with Gasteiger partial charge in [0.1, 0.15) is 0 Å². The molecule has 0 amide bonds. The van der Waals surface area contributed by atoms with E-state index >= 15 is 0 Å². The molecule has 0 radical (unpaired) electrons. The Morgan fingerprint density at radius 1 is 1.15 bits per heavy atom. The Labute approximate surface area is 82.3 Å². The Kier molecular flexibility index (Phi) is 3.26. The standard InChI is InChI=1S/C12H23N/c1-2-6-13-7-5-12-9-10-3-4-11(12)8-10/h10-13H,2-9H2,1H3. The van der Waals surface area contributed by atoms with Gasteiger partial charge in [-0.2, -0.15) is 0 Å². The molecule has 0 aromatic carbocycles. The summed E-state index contributed by atoms with van der Waals surface area (Å²) < 4.78 is 0. The van der Waals surface area contributed by atoms with Crippen LogP contribution in [0.15, 0.2) is 0 Å². The number of rotatable bonds is 5. The van der Waals surface area contributed by atoms with Gasteiger partial charge in [-0.3, -0.25) is 0 Å². The number of hydrogen-bond acceptors (Lipinski definition) is 1. The third kappa shape index (κ3) is 2.25. The minimum absolute atomic E-state index is 1.09. The summed E-state index contributed by atoms with van der Waals surface area (Å²) in [6.45, 7) is 4.72. The van der Waals surface area contributed by atoms with Crippen molar-refractivity contribution in [3.8, 4) is 0 Å². The smallest absolute Gasteiger partial charge is 0.00462 e. The zero-order valence-electron chi connectivity index (χ0n) is 8.89. The van der Waals surface area contributed by atoms with Crippen molar-refractivity contribution in [1.29, 1.82) is 0 Å². The van der Waals surface area contributed by atoms with Crippen LogP contribution in [0.3, 0.4) is 0 Å². The summed E-state index contributed by atoms with van der Waals surface area (Å²) in [5, 5.41) is 3.52. The highest BCUT2D eigenvalue weighted by Crippen LogP contribution is 2.49. The molecule has 2 rings (SSSR count). The summed E-state index contributed by atoms with van der Waals surface area (Å²) in [4.78, 5) is 0. The third-order valence-corrected chi connectivity index (χ3v) is 4.00. The highest BCUT2D eigenvalue weighted by Gasteiger charge is 2.38. The quantitative estimate of drug-likeness (QED) is 0.643. The summed E-state index contributed by atoms with van der Waals surface area (Å²) in [6, 6.07) is 0. The van der Waals surface area contributed by atoms with Gasteiger partial charge in [0.25, 0.3) is 0 Å². The second kappa shape index (κ2) is 4.45. The Morgan fingerprint density at radius 2 is 2.08 bits per heavy atom. The fraction of sp³-hybridized carbons (Fsp3) is 1.00. The molecule has 3 atom stereocenters. The topological polar surface area (TPSA) is 12.0 Å². The van der Waals surface area contributed by atoms with Crippen molar-refractivity contribution in [2.24, 2.45) is 17.8 Å². The second-order valence-electron chi connectivity index (χ2n) is 4.97. The molecule has 0 aromatic heterocycles. The number of fused-ring (bicyclic) bond motifs is 2. The van der Waals surface area contributed by atoms with Crippen molar-refractivity contribution >= 4 is 0 Å². The first-order valence-corrected chi connectivity index (χ1v) is 6.11. The van der Waals surface area contributed by atoms with Crippen LogP contribution < -0.4 is 5.32 Å². The van der Waals surface area contributed by atoms with Crippen molar-refractivity contribution < 1.29 is 0 Å². The van der Waals surface area contributed by atoms with Crippen molar-refractivity contribution in [3.05, 3.63) is 0 Å². The molecule has 2 aliphatic rings. The lowest BCUT2D eigenvalue weighted by atomic mass is 9.86. The summed E-state index contributed by atoms with van der Waals surface area (Å²) in [5.41, 5.74) is 0. The zero-order chi connectivity index (χ0) is 9.10. The Balaban J connectivity index is 1.60. The van der Waals surface area contributed by atoms with Gasteiger partial charge in [-0.25, -0.2) is 0 Å². The molecule has 1 nitrogen and oxygen atoms in total. The van der Waals surface area contributed by atoms with Crippen LogP contribution in [0, 0.1) is 17.8 Å². The SMILES string of the molecule is CCCNCCC1CC2CCC1C2. The summed E-state index contributed by atoms with van der Waals surface area (Å²) in [6.07, 6.45) is 8.93. The van der Waals surface area contributed by atoms with Gasteiger partial charge < -0.3 is 5.32 Å². The highest BCUT2D eigenvalue weighted by atomic mass is 14.8. The number of hydrogen-bond donors (Lipinski definition) is 1. The predicted molar refractivity (Wildman–Crippen MR) is 56.7 cm³/mol. The molecule has 2 bridgehead atoms. The lowest BCUT2D eigenvalue weighted by Gasteiger charge is -2.21. The van der Waals surface area contributed by atoms with Gasteiger partial charge in [-0.05, 0) is 62.9 Å². The van der Waals surface area contributed by atoms with Crippen LogP contribution in [0.4, 0.5) is 0 Å². The third-order valence-electron chi connectivity index (χ3n) is 4.00.